The highest BCUT2D eigenvalue weighted by Gasteiger charge is 2.23. The van der Waals surface area contributed by atoms with Gasteiger partial charge in [-0.2, -0.15) is 5.10 Å². The van der Waals surface area contributed by atoms with E-state index in [0.29, 0.717) is 11.4 Å². The number of carbonyl (C=O) groups excluding carboxylic acids is 1. The van der Waals surface area contributed by atoms with Crippen molar-refractivity contribution in [3.8, 4) is 5.69 Å². The van der Waals surface area contributed by atoms with E-state index in [4.69, 9.17) is 10.8 Å². The molecule has 2 aromatic rings. The number of nitrogens with two attached hydrogens (primary N) is 1. The molecule has 0 bridgehead atoms. The molecule has 6 N–H and O–H groups in total. The predicted octanol–water partition coefficient (Wildman–Crippen LogP) is 6.65. The molecule has 0 spiro atoms. The molecule has 1 fully saturated rings. The zero-order chi connectivity index (χ0) is 28.6. The quantitative estimate of drug-likeness (QED) is 0.151. The van der Waals surface area contributed by atoms with Gasteiger partial charge in [0.15, 0.2) is 0 Å². The summed E-state index contributed by atoms with van der Waals surface area (Å²) in [6, 6.07) is 6.04. The zero-order valence-electron chi connectivity index (χ0n) is 24.4. The topological polar surface area (TPSA) is 134 Å². The summed E-state index contributed by atoms with van der Waals surface area (Å²) in [5.41, 5.74) is 7.83. The summed E-state index contributed by atoms with van der Waals surface area (Å²) in [5, 5.41) is 22.3. The van der Waals surface area contributed by atoms with Crippen molar-refractivity contribution in [1.82, 2.24) is 20.4 Å². The number of anilines is 2. The number of rotatable bonds is 16. The van der Waals surface area contributed by atoms with Gasteiger partial charge >= 0.3 is 12.0 Å². The molecule has 0 radical (unpaired) electrons. The fraction of sp³-hybridized carbons (Fsp3) is 0.633. The van der Waals surface area contributed by atoms with E-state index in [2.05, 4.69) is 41.8 Å². The number of nitrogens with zero attached hydrogens (tertiary/aromatic N) is 2. The van der Waals surface area contributed by atoms with Crippen LogP contribution in [-0.2, 0) is 0 Å². The van der Waals surface area contributed by atoms with Crippen LogP contribution in [0.4, 0.5) is 16.3 Å². The number of nitrogen functional groups attached to an aromatic ring is 1. The number of benzene rings is 1. The molecule has 3 rings (SSSR count). The number of carboxylic acid groups (broad SMARTS) is 1. The third-order valence-electron chi connectivity index (χ3n) is 7.09. The number of aromatic carboxylic acids is 1. The molecule has 0 atom stereocenters. The van der Waals surface area contributed by atoms with Crippen LogP contribution in [0.3, 0.4) is 0 Å². The van der Waals surface area contributed by atoms with Gasteiger partial charge < -0.3 is 26.8 Å². The summed E-state index contributed by atoms with van der Waals surface area (Å²) in [6.07, 6.45) is 17.1. The summed E-state index contributed by atoms with van der Waals surface area (Å²) in [5.74, 6) is -1.09. The van der Waals surface area contributed by atoms with Gasteiger partial charge in [-0.05, 0) is 63.3 Å². The second-order valence-electron chi connectivity index (χ2n) is 10.5. The number of carboxylic acids is 1. The van der Waals surface area contributed by atoms with Crippen molar-refractivity contribution in [3.63, 3.8) is 0 Å². The van der Waals surface area contributed by atoms with Crippen LogP contribution in [0.2, 0.25) is 0 Å². The van der Waals surface area contributed by atoms with Crippen LogP contribution in [0.15, 0.2) is 24.4 Å². The molecule has 218 valence electrons. The lowest BCUT2D eigenvalue weighted by atomic mass is 10.1. The molecule has 9 nitrogen and oxygen atoms in total. The standard InChI is InChI=1S/C15H17N5O3.C15H33N/c1-8-2-3-10(19-15(23)18-9-4-5-9)6-12(8)20-13(16)11(7-17-20)14(21)22;1-4-7-8-9-10-11-12-13-14-16-15(5-2)6-3/h2-3,6-7,9H,4-5,16H2,1H3,(H,21,22)(H2,18,19,23);15-16H,4-14H2,1-3H3. The maximum atomic E-state index is 11.8. The van der Waals surface area contributed by atoms with Crippen LogP contribution in [0.25, 0.3) is 5.69 Å². The van der Waals surface area contributed by atoms with Crippen molar-refractivity contribution in [3.05, 3.63) is 35.5 Å². The van der Waals surface area contributed by atoms with Gasteiger partial charge in [-0.3, -0.25) is 0 Å². The van der Waals surface area contributed by atoms with Crippen molar-refractivity contribution in [1.29, 1.82) is 0 Å². The summed E-state index contributed by atoms with van der Waals surface area (Å²) in [7, 11) is 0. The van der Waals surface area contributed by atoms with E-state index in [0.717, 1.165) is 24.4 Å². The largest absolute Gasteiger partial charge is 0.477 e. The number of aryl methyl sites for hydroxylation is 1. The molecule has 1 aromatic carbocycles. The monoisotopic (exact) mass is 542 g/mol. The Morgan fingerprint density at radius 2 is 1.69 bits per heavy atom. The zero-order valence-corrected chi connectivity index (χ0v) is 24.4. The van der Waals surface area contributed by atoms with Gasteiger partial charge in [0.25, 0.3) is 0 Å². The van der Waals surface area contributed by atoms with Crippen molar-refractivity contribution < 1.29 is 14.7 Å². The molecule has 0 aliphatic heterocycles. The highest BCUT2D eigenvalue weighted by molar-refractivity contribution is 5.93. The van der Waals surface area contributed by atoms with E-state index in [-0.39, 0.29) is 23.5 Å². The molecule has 1 heterocycles. The average Bonchev–Trinajstić information content (AvgIpc) is 3.64. The first-order valence-electron chi connectivity index (χ1n) is 14.8. The molecule has 0 saturated heterocycles. The molecule has 1 aromatic heterocycles. The molecule has 39 heavy (non-hydrogen) atoms. The Morgan fingerprint density at radius 3 is 2.26 bits per heavy atom. The van der Waals surface area contributed by atoms with Crippen LogP contribution >= 0.6 is 0 Å². The molecular weight excluding hydrogens is 492 g/mol. The van der Waals surface area contributed by atoms with Crippen molar-refractivity contribution in [2.24, 2.45) is 0 Å². The molecule has 0 unspecified atom stereocenters. The van der Waals surface area contributed by atoms with Crippen LogP contribution in [-0.4, -0.2) is 45.5 Å². The van der Waals surface area contributed by atoms with E-state index in [1.807, 2.05) is 13.0 Å². The lowest BCUT2D eigenvalue weighted by Gasteiger charge is -2.14. The first kappa shape index (κ1) is 32.1. The lowest BCUT2D eigenvalue weighted by Crippen LogP contribution is -2.30. The minimum Gasteiger partial charge on any atom is -0.477 e. The Bertz CT molecular complexity index is 1010. The van der Waals surface area contributed by atoms with Gasteiger partial charge in [-0.25, -0.2) is 14.3 Å². The van der Waals surface area contributed by atoms with Gasteiger partial charge in [-0.15, -0.1) is 0 Å². The van der Waals surface area contributed by atoms with E-state index in [9.17, 15) is 9.59 Å². The lowest BCUT2D eigenvalue weighted by molar-refractivity contribution is 0.0698. The summed E-state index contributed by atoms with van der Waals surface area (Å²) < 4.78 is 1.35. The highest BCUT2D eigenvalue weighted by atomic mass is 16.4. The smallest absolute Gasteiger partial charge is 0.341 e. The number of aromatic nitrogens is 2. The van der Waals surface area contributed by atoms with Gasteiger partial charge in [0.05, 0.1) is 11.9 Å². The number of hydrogen-bond acceptors (Lipinski definition) is 5. The Kier molecular flexibility index (Phi) is 14.4. The van der Waals surface area contributed by atoms with E-state index in [1.165, 1.54) is 81.6 Å². The van der Waals surface area contributed by atoms with E-state index in [1.54, 1.807) is 12.1 Å². The Labute approximate surface area is 234 Å². The van der Waals surface area contributed by atoms with Crippen LogP contribution in [0, 0.1) is 6.92 Å². The molecule has 1 aliphatic carbocycles. The Morgan fingerprint density at radius 1 is 1.05 bits per heavy atom. The molecule has 2 amide bonds. The number of nitrogens with one attached hydrogen (secondary N) is 3. The number of unbranched alkanes of at least 4 members (excludes halogenated alkanes) is 7. The predicted molar refractivity (Wildman–Crippen MR) is 160 cm³/mol. The SMILES string of the molecule is CCCCCCCCCCNC(CC)CC.Cc1ccc(NC(=O)NC2CC2)cc1-n1ncc(C(=O)O)c1N. The van der Waals surface area contributed by atoms with E-state index < -0.39 is 5.97 Å². The van der Waals surface area contributed by atoms with E-state index >= 15 is 0 Å². The normalized spacial score (nSPS) is 12.6. The van der Waals surface area contributed by atoms with Crippen LogP contribution in [0.1, 0.15) is 114 Å². The van der Waals surface area contributed by atoms with Crippen LogP contribution in [0.5, 0.6) is 0 Å². The summed E-state index contributed by atoms with van der Waals surface area (Å²) in [6.45, 7) is 9.90. The highest BCUT2D eigenvalue weighted by Crippen LogP contribution is 2.24. The van der Waals surface area contributed by atoms with Crippen LogP contribution < -0.4 is 21.7 Å². The maximum Gasteiger partial charge on any atom is 0.341 e. The number of hydrogen-bond donors (Lipinski definition) is 5. The number of amides is 2. The molecular formula is C30H50N6O3. The number of urea groups is 1. The second-order valence-corrected chi connectivity index (χ2v) is 10.5. The third-order valence-corrected chi connectivity index (χ3v) is 7.09. The van der Waals surface area contributed by atoms with Crippen molar-refractivity contribution >= 4 is 23.5 Å². The minimum absolute atomic E-state index is 0.0418. The van der Waals surface area contributed by atoms with Gasteiger partial charge in [0.2, 0.25) is 0 Å². The maximum absolute atomic E-state index is 11.8. The Hall–Kier alpha value is -3.07. The van der Waals surface area contributed by atoms with Gasteiger partial charge in [0, 0.05) is 17.8 Å². The second kappa shape index (κ2) is 17.5. The average molecular weight is 543 g/mol. The van der Waals surface area contributed by atoms with Gasteiger partial charge in [0.1, 0.15) is 11.4 Å². The van der Waals surface area contributed by atoms with Gasteiger partial charge in [-0.1, -0.05) is 71.8 Å². The first-order chi connectivity index (χ1) is 18.8. The fourth-order valence-corrected chi connectivity index (χ4v) is 4.35. The summed E-state index contributed by atoms with van der Waals surface area (Å²) >= 11 is 0. The number of carbonyl (C=O) groups is 2. The molecule has 1 saturated carbocycles. The Balaban J connectivity index is 0.000000295. The van der Waals surface area contributed by atoms with Crippen molar-refractivity contribution in [2.45, 2.75) is 117 Å². The molecule has 9 heteroatoms. The summed E-state index contributed by atoms with van der Waals surface area (Å²) in [4.78, 5) is 22.9. The first-order valence-corrected chi connectivity index (χ1v) is 14.8. The molecule has 1 aliphatic rings. The van der Waals surface area contributed by atoms with Crippen molar-refractivity contribution in [2.75, 3.05) is 17.6 Å². The minimum atomic E-state index is -1.13. The third kappa shape index (κ3) is 11.7. The fourth-order valence-electron chi connectivity index (χ4n) is 4.35.